The topological polar surface area (TPSA) is 46.4 Å². The predicted molar refractivity (Wildman–Crippen MR) is 115 cm³/mol. The molecule has 0 radical (unpaired) electrons. The van der Waals surface area contributed by atoms with Crippen LogP contribution in [-0.4, -0.2) is 21.3 Å². The van der Waals surface area contributed by atoms with Crippen molar-refractivity contribution in [2.45, 2.75) is 38.6 Å². The minimum absolute atomic E-state index is 0.0386. The van der Waals surface area contributed by atoms with Crippen molar-refractivity contribution in [3.8, 4) is 11.3 Å². The Morgan fingerprint density at radius 3 is 2.79 bits per heavy atom. The maximum atomic E-state index is 12.8. The molecule has 2 atom stereocenters. The summed E-state index contributed by atoms with van der Waals surface area (Å²) < 4.78 is 3.21. The first kappa shape index (κ1) is 17.4. The fourth-order valence-electron chi connectivity index (χ4n) is 4.17. The number of benzene rings is 2. The highest BCUT2D eigenvalue weighted by Gasteiger charge is 2.23. The largest absolute Gasteiger partial charge is 0.349 e. The van der Waals surface area contributed by atoms with Crippen LogP contribution in [0.4, 0.5) is 0 Å². The van der Waals surface area contributed by atoms with Gasteiger partial charge < -0.3 is 5.32 Å². The van der Waals surface area contributed by atoms with E-state index in [1.807, 2.05) is 36.4 Å². The van der Waals surface area contributed by atoms with E-state index in [0.29, 0.717) is 12.0 Å². The third-order valence-electron chi connectivity index (χ3n) is 5.85. The minimum Gasteiger partial charge on any atom is -0.349 e. The first-order valence-electron chi connectivity index (χ1n) is 9.97. The number of carbonyl (C=O) groups is 1. The van der Waals surface area contributed by atoms with Gasteiger partial charge in [0.1, 0.15) is 0 Å². The van der Waals surface area contributed by atoms with Crippen molar-refractivity contribution in [2.24, 2.45) is 5.92 Å². The quantitative estimate of drug-likeness (QED) is 0.501. The van der Waals surface area contributed by atoms with Crippen LogP contribution in [0.5, 0.6) is 0 Å². The number of thiazole rings is 1. The Morgan fingerprint density at radius 2 is 1.96 bits per heavy atom. The molecule has 4 nitrogen and oxygen atoms in total. The summed E-state index contributed by atoms with van der Waals surface area (Å²) in [5, 5.41) is 3.25. The molecule has 0 saturated heterocycles. The van der Waals surface area contributed by atoms with Crippen molar-refractivity contribution in [3.05, 3.63) is 60.3 Å². The number of imidazole rings is 1. The Labute approximate surface area is 168 Å². The Kier molecular flexibility index (Phi) is 4.40. The molecule has 2 aromatic heterocycles. The van der Waals surface area contributed by atoms with Gasteiger partial charge in [-0.3, -0.25) is 9.20 Å². The molecule has 1 aliphatic carbocycles. The summed E-state index contributed by atoms with van der Waals surface area (Å²) >= 11 is 1.63. The highest BCUT2D eigenvalue weighted by Crippen LogP contribution is 2.30. The number of hydrogen-bond acceptors (Lipinski definition) is 3. The van der Waals surface area contributed by atoms with E-state index in [1.165, 1.54) is 19.3 Å². The fourth-order valence-corrected chi connectivity index (χ4v) is 5.22. The number of rotatable bonds is 3. The van der Waals surface area contributed by atoms with E-state index in [4.69, 9.17) is 4.98 Å². The van der Waals surface area contributed by atoms with Crippen LogP contribution in [0.25, 0.3) is 26.4 Å². The van der Waals surface area contributed by atoms with Crippen molar-refractivity contribution in [3.63, 3.8) is 0 Å². The van der Waals surface area contributed by atoms with Crippen LogP contribution in [0.1, 0.15) is 43.0 Å². The maximum Gasteiger partial charge on any atom is 0.251 e. The molecule has 1 amide bonds. The van der Waals surface area contributed by atoms with Gasteiger partial charge in [0.2, 0.25) is 0 Å². The number of nitrogens with zero attached hydrogens (tertiary/aromatic N) is 2. The van der Waals surface area contributed by atoms with Gasteiger partial charge in [0.15, 0.2) is 4.96 Å². The zero-order valence-corrected chi connectivity index (χ0v) is 16.7. The molecule has 2 heterocycles. The van der Waals surface area contributed by atoms with Crippen LogP contribution in [0.3, 0.4) is 0 Å². The Hall–Kier alpha value is -2.66. The second-order valence-electron chi connectivity index (χ2n) is 7.77. The predicted octanol–water partition coefficient (Wildman–Crippen LogP) is 5.52. The third kappa shape index (κ3) is 3.10. The van der Waals surface area contributed by atoms with Crippen molar-refractivity contribution >= 4 is 32.4 Å². The van der Waals surface area contributed by atoms with E-state index in [0.717, 1.165) is 38.4 Å². The van der Waals surface area contributed by atoms with Gasteiger partial charge in [-0.15, -0.1) is 0 Å². The summed E-state index contributed by atoms with van der Waals surface area (Å²) in [5.41, 5.74) is 3.92. The first-order valence-corrected chi connectivity index (χ1v) is 10.8. The lowest BCUT2D eigenvalue weighted by Crippen LogP contribution is -2.41. The number of aromatic nitrogens is 2. The summed E-state index contributed by atoms with van der Waals surface area (Å²) in [6.07, 6.45) is 6.85. The minimum atomic E-state index is 0.0386. The maximum absolute atomic E-state index is 12.8. The zero-order chi connectivity index (χ0) is 19.1. The van der Waals surface area contributed by atoms with E-state index < -0.39 is 0 Å². The van der Waals surface area contributed by atoms with E-state index >= 15 is 0 Å². The van der Waals surface area contributed by atoms with Gasteiger partial charge in [-0.25, -0.2) is 4.98 Å². The highest BCUT2D eigenvalue weighted by atomic mass is 32.1. The number of amides is 1. The van der Waals surface area contributed by atoms with Gasteiger partial charge in [0.25, 0.3) is 5.91 Å². The van der Waals surface area contributed by atoms with Crippen LogP contribution in [0, 0.1) is 5.92 Å². The lowest BCUT2D eigenvalue weighted by molar-refractivity contribution is 0.0910. The number of nitrogens with one attached hydrogen (secondary N) is 1. The normalized spacial score (nSPS) is 19.9. The lowest BCUT2D eigenvalue weighted by Gasteiger charge is -2.29. The highest BCUT2D eigenvalue weighted by molar-refractivity contribution is 7.23. The molecule has 0 unspecified atom stereocenters. The van der Waals surface area contributed by atoms with Crippen molar-refractivity contribution in [1.82, 2.24) is 14.7 Å². The van der Waals surface area contributed by atoms with Crippen LogP contribution < -0.4 is 5.32 Å². The lowest BCUT2D eigenvalue weighted by atomic mass is 9.86. The van der Waals surface area contributed by atoms with Crippen molar-refractivity contribution < 1.29 is 4.79 Å². The summed E-state index contributed by atoms with van der Waals surface area (Å²) in [6, 6.07) is 16.5. The Balaban J connectivity index is 1.44. The third-order valence-corrected chi connectivity index (χ3v) is 6.87. The van der Waals surface area contributed by atoms with Gasteiger partial charge >= 0.3 is 0 Å². The van der Waals surface area contributed by atoms with E-state index in [9.17, 15) is 4.79 Å². The van der Waals surface area contributed by atoms with Crippen molar-refractivity contribution in [1.29, 1.82) is 0 Å². The van der Waals surface area contributed by atoms with Crippen LogP contribution in [0.15, 0.2) is 54.7 Å². The van der Waals surface area contributed by atoms with Crippen LogP contribution >= 0.6 is 11.3 Å². The Morgan fingerprint density at radius 1 is 1.14 bits per heavy atom. The molecule has 5 heteroatoms. The summed E-state index contributed by atoms with van der Waals surface area (Å²) in [6.45, 7) is 2.24. The molecule has 2 aromatic carbocycles. The molecular weight excluding hydrogens is 366 g/mol. The number of hydrogen-bond donors (Lipinski definition) is 1. The zero-order valence-electron chi connectivity index (χ0n) is 15.9. The van der Waals surface area contributed by atoms with Gasteiger partial charge in [0.05, 0.1) is 15.9 Å². The van der Waals surface area contributed by atoms with Gasteiger partial charge in [-0.2, -0.15) is 0 Å². The molecule has 1 N–H and O–H groups in total. The van der Waals surface area contributed by atoms with Crippen molar-refractivity contribution in [2.75, 3.05) is 0 Å². The summed E-state index contributed by atoms with van der Waals surface area (Å²) in [5.74, 6) is 0.597. The molecule has 5 rings (SSSR count). The smallest absolute Gasteiger partial charge is 0.251 e. The average molecular weight is 390 g/mol. The molecule has 0 aliphatic heterocycles. The SMILES string of the molecule is C[C@H]1CCCC[C@H]1NC(=O)c1ccc2c(c1)sc1nc(-c3ccccc3)cn12. The van der Waals surface area contributed by atoms with Gasteiger partial charge in [-0.1, -0.05) is 61.4 Å². The molecule has 0 spiro atoms. The summed E-state index contributed by atoms with van der Waals surface area (Å²) in [7, 11) is 0. The molecule has 1 saturated carbocycles. The molecular formula is C23H23N3OS. The average Bonchev–Trinajstić information content (AvgIpc) is 3.28. The van der Waals surface area contributed by atoms with Crippen LogP contribution in [0.2, 0.25) is 0 Å². The second kappa shape index (κ2) is 7.06. The standard InChI is InChI=1S/C23H23N3OS/c1-15-7-5-6-10-18(15)24-22(27)17-11-12-20-21(13-17)28-23-25-19(14-26(20)23)16-8-3-2-4-9-16/h2-4,8-9,11-15,18H,5-7,10H2,1H3,(H,24,27)/t15-,18+/m0/s1. The second-order valence-corrected chi connectivity index (χ2v) is 8.78. The fraction of sp³-hybridized carbons (Fsp3) is 0.304. The number of fused-ring (bicyclic) bond motifs is 3. The van der Waals surface area contributed by atoms with Crippen LogP contribution in [-0.2, 0) is 0 Å². The number of carbonyl (C=O) groups excluding carboxylic acids is 1. The molecule has 4 aromatic rings. The monoisotopic (exact) mass is 389 g/mol. The molecule has 1 fully saturated rings. The van der Waals surface area contributed by atoms with Gasteiger partial charge in [-0.05, 0) is 37.0 Å². The van der Waals surface area contributed by atoms with Gasteiger partial charge in [0, 0.05) is 23.4 Å². The van der Waals surface area contributed by atoms with E-state index in [2.05, 4.69) is 35.0 Å². The summed E-state index contributed by atoms with van der Waals surface area (Å²) in [4.78, 5) is 18.5. The Bertz CT molecular complexity index is 1140. The molecule has 142 valence electrons. The molecule has 28 heavy (non-hydrogen) atoms. The van der Waals surface area contributed by atoms with E-state index in [1.54, 1.807) is 11.3 Å². The first-order chi connectivity index (χ1) is 13.7. The molecule has 0 bridgehead atoms. The molecule has 1 aliphatic rings. The van der Waals surface area contributed by atoms with E-state index in [-0.39, 0.29) is 5.91 Å².